The number of hydrogen-bond acceptors (Lipinski definition) is 0. The Kier molecular flexibility index (Phi) is 11.7. The molecule has 49 heavy (non-hydrogen) atoms. The summed E-state index contributed by atoms with van der Waals surface area (Å²) in [6.45, 7) is 2.09. The first-order chi connectivity index (χ1) is 22.7. The Morgan fingerprint density at radius 2 is 0.816 bits per heavy atom. The van der Waals surface area contributed by atoms with Crippen LogP contribution in [0, 0.1) is 5.92 Å². The highest BCUT2D eigenvalue weighted by Gasteiger charge is 2.47. The number of hydrogen-bond donors (Lipinski definition) is 0. The van der Waals surface area contributed by atoms with Gasteiger partial charge in [0.1, 0.15) is 0 Å². The summed E-state index contributed by atoms with van der Waals surface area (Å²) in [6, 6.07) is 1.95. The van der Waals surface area contributed by atoms with Gasteiger partial charge in [0, 0.05) is 0 Å². The highest BCUT2D eigenvalue weighted by molar-refractivity contribution is 7.73. The van der Waals surface area contributed by atoms with Crippen molar-refractivity contribution in [2.75, 3.05) is 0 Å². The molecule has 0 saturated heterocycles. The van der Waals surface area contributed by atoms with E-state index in [4.69, 9.17) is 0 Å². The molecule has 0 N–H and O–H groups in total. The van der Waals surface area contributed by atoms with Crippen molar-refractivity contribution in [3.8, 4) is 0 Å². The molecule has 3 aliphatic rings. The summed E-state index contributed by atoms with van der Waals surface area (Å²) in [7, 11) is -3.19. The third-order valence-electron chi connectivity index (χ3n) is 10.6. The third-order valence-corrected chi connectivity index (χ3v) is 17.6. The molecule has 3 fully saturated rings. The van der Waals surface area contributed by atoms with Gasteiger partial charge in [-0.05, 0) is 122 Å². The summed E-state index contributed by atoms with van der Waals surface area (Å²) < 4.78 is 169. The first kappa shape index (κ1) is 38.7. The standard InChI is InChI=1S/C35H40F12P2/c1-21(48(26-9-4-2-5-10-26)27-11-6-3-7-12-27)30-13-8-14-31(30)49(28-17-22(32(36,37)38)15-23(18-28)33(39,40)41)29-19-24(34(42,43)44)16-25(20-29)35(45,46)47/h15-21,26-27,30-31H,2-14H2,1H3. The van der Waals surface area contributed by atoms with Crippen LogP contribution in [0.4, 0.5) is 52.7 Å². The highest BCUT2D eigenvalue weighted by Crippen LogP contribution is 2.64. The molecule has 0 amide bonds. The molecule has 14 heteroatoms. The molecule has 0 nitrogen and oxygen atoms in total. The van der Waals surface area contributed by atoms with Crippen LogP contribution in [0.3, 0.4) is 0 Å². The quantitative estimate of drug-likeness (QED) is 0.195. The zero-order valence-electron chi connectivity index (χ0n) is 27.0. The molecule has 274 valence electrons. The second-order valence-corrected chi connectivity index (χ2v) is 19.4. The summed E-state index contributed by atoms with van der Waals surface area (Å²) in [5.74, 6) is -0.270. The smallest absolute Gasteiger partial charge is 0.166 e. The van der Waals surface area contributed by atoms with E-state index in [1.165, 1.54) is 0 Å². The maximum atomic E-state index is 14.1. The van der Waals surface area contributed by atoms with Crippen molar-refractivity contribution in [2.45, 2.75) is 138 Å². The Labute approximate surface area is 281 Å². The van der Waals surface area contributed by atoms with E-state index in [0.29, 0.717) is 48.4 Å². The van der Waals surface area contributed by atoms with Gasteiger partial charge >= 0.3 is 24.7 Å². The molecule has 5 rings (SSSR count). The minimum absolute atomic E-state index is 0.000490. The van der Waals surface area contributed by atoms with Gasteiger partial charge in [-0.1, -0.05) is 59.8 Å². The van der Waals surface area contributed by atoms with E-state index in [0.717, 1.165) is 64.2 Å². The molecule has 0 heterocycles. The van der Waals surface area contributed by atoms with E-state index in [1.807, 2.05) is 0 Å². The van der Waals surface area contributed by atoms with E-state index in [9.17, 15) is 52.7 Å². The van der Waals surface area contributed by atoms with Crippen molar-refractivity contribution in [1.29, 1.82) is 0 Å². The Hall–Kier alpha value is -1.54. The lowest BCUT2D eigenvalue weighted by molar-refractivity contribution is -0.144. The second-order valence-electron chi connectivity index (χ2n) is 13.8. The van der Waals surface area contributed by atoms with Crippen molar-refractivity contribution in [3.05, 3.63) is 58.7 Å². The topological polar surface area (TPSA) is 0 Å². The van der Waals surface area contributed by atoms with Gasteiger partial charge in [-0.3, -0.25) is 0 Å². The van der Waals surface area contributed by atoms with Gasteiger partial charge in [-0.15, -0.1) is 0 Å². The third kappa shape index (κ3) is 9.10. The molecule has 2 aromatic carbocycles. The number of halogens is 12. The van der Waals surface area contributed by atoms with Gasteiger partial charge in [-0.2, -0.15) is 52.7 Å². The lowest BCUT2D eigenvalue weighted by atomic mass is 9.99. The fraction of sp³-hybridized carbons (Fsp3) is 0.657. The van der Waals surface area contributed by atoms with Crippen LogP contribution in [0.5, 0.6) is 0 Å². The van der Waals surface area contributed by atoms with E-state index in [1.54, 1.807) is 0 Å². The van der Waals surface area contributed by atoms with E-state index >= 15 is 0 Å². The van der Waals surface area contributed by atoms with Crippen molar-refractivity contribution in [2.24, 2.45) is 5.92 Å². The summed E-state index contributed by atoms with van der Waals surface area (Å²) in [6.07, 6.45) is -8.92. The molecule has 3 saturated carbocycles. The van der Waals surface area contributed by atoms with Crippen LogP contribution in [0.1, 0.15) is 113 Å². The zero-order valence-corrected chi connectivity index (χ0v) is 28.8. The lowest BCUT2D eigenvalue weighted by Crippen LogP contribution is -2.35. The predicted molar refractivity (Wildman–Crippen MR) is 170 cm³/mol. The second kappa shape index (κ2) is 14.8. The van der Waals surface area contributed by atoms with Crippen molar-refractivity contribution in [1.82, 2.24) is 0 Å². The first-order valence-electron chi connectivity index (χ1n) is 16.9. The average molecular weight is 751 g/mol. The molecular formula is C35H40F12P2. The molecular weight excluding hydrogens is 710 g/mol. The van der Waals surface area contributed by atoms with Gasteiger partial charge in [0.25, 0.3) is 0 Å². The molecule has 3 unspecified atom stereocenters. The molecule has 0 aliphatic heterocycles. The number of rotatable bonds is 7. The zero-order chi connectivity index (χ0) is 35.9. The van der Waals surface area contributed by atoms with Crippen molar-refractivity contribution in [3.63, 3.8) is 0 Å². The van der Waals surface area contributed by atoms with Gasteiger partial charge in [0.15, 0.2) is 0 Å². The Morgan fingerprint density at radius 3 is 1.14 bits per heavy atom. The predicted octanol–water partition coefficient (Wildman–Crippen LogP) is 12.9. The van der Waals surface area contributed by atoms with Crippen LogP contribution in [0.15, 0.2) is 36.4 Å². The fourth-order valence-electron chi connectivity index (χ4n) is 8.48. The Balaban J connectivity index is 1.71. The summed E-state index contributed by atoms with van der Waals surface area (Å²) in [4.78, 5) is 0. The van der Waals surface area contributed by atoms with E-state index < -0.39 is 79.1 Å². The van der Waals surface area contributed by atoms with E-state index in [-0.39, 0.29) is 30.1 Å². The summed E-state index contributed by atoms with van der Waals surface area (Å²) >= 11 is 0. The maximum Gasteiger partial charge on any atom is 0.416 e. The number of benzene rings is 2. The van der Waals surface area contributed by atoms with Crippen LogP contribution < -0.4 is 10.6 Å². The minimum atomic E-state index is -5.24. The molecule has 3 atom stereocenters. The minimum Gasteiger partial charge on any atom is -0.166 e. The van der Waals surface area contributed by atoms with Crippen molar-refractivity contribution < 1.29 is 52.7 Å². The lowest BCUT2D eigenvalue weighted by Gasteiger charge is -2.46. The molecule has 0 bridgehead atoms. The summed E-state index contributed by atoms with van der Waals surface area (Å²) in [5.41, 5.74) is -6.38. The largest absolute Gasteiger partial charge is 0.416 e. The maximum absolute atomic E-state index is 14.1. The molecule has 3 aliphatic carbocycles. The summed E-state index contributed by atoms with van der Waals surface area (Å²) in [5, 5.41) is -1.01. The SMILES string of the molecule is CC(C1CCCC1P(c1cc(C(F)(F)F)cc(C(F)(F)F)c1)c1cc(C(F)(F)F)cc(C(F)(F)F)c1)P(C1CCCCC1)C1CCCCC1. The van der Waals surface area contributed by atoms with Crippen molar-refractivity contribution >= 4 is 26.5 Å². The van der Waals surface area contributed by atoms with Crippen LogP contribution in [0.2, 0.25) is 0 Å². The molecule has 0 radical (unpaired) electrons. The van der Waals surface area contributed by atoms with Crippen LogP contribution in [0.25, 0.3) is 0 Å². The molecule has 0 aromatic heterocycles. The fourth-order valence-corrected chi connectivity index (χ4v) is 16.7. The Bertz CT molecular complexity index is 1260. The van der Waals surface area contributed by atoms with Gasteiger partial charge in [0.05, 0.1) is 22.3 Å². The van der Waals surface area contributed by atoms with E-state index in [2.05, 4.69) is 6.92 Å². The van der Waals surface area contributed by atoms with Crippen LogP contribution in [-0.2, 0) is 24.7 Å². The Morgan fingerprint density at radius 1 is 0.469 bits per heavy atom. The molecule has 0 spiro atoms. The van der Waals surface area contributed by atoms with Gasteiger partial charge in [-0.25, -0.2) is 0 Å². The van der Waals surface area contributed by atoms with Crippen LogP contribution in [-0.4, -0.2) is 22.6 Å². The highest BCUT2D eigenvalue weighted by atomic mass is 31.1. The molecule has 2 aromatic rings. The first-order valence-corrected chi connectivity index (χ1v) is 19.9. The van der Waals surface area contributed by atoms with Gasteiger partial charge in [0.2, 0.25) is 0 Å². The average Bonchev–Trinajstić information content (AvgIpc) is 3.50. The normalized spacial score (nSPS) is 23.1. The van der Waals surface area contributed by atoms with Gasteiger partial charge < -0.3 is 0 Å². The monoisotopic (exact) mass is 750 g/mol. The number of alkyl halides is 12. The van der Waals surface area contributed by atoms with Crippen LogP contribution >= 0.6 is 15.8 Å².